The van der Waals surface area contributed by atoms with Crippen LogP contribution in [0.3, 0.4) is 0 Å². The van der Waals surface area contributed by atoms with E-state index in [4.69, 9.17) is 9.47 Å². The third-order valence-electron chi connectivity index (χ3n) is 4.82. The fraction of sp³-hybridized carbons (Fsp3) is 0.174. The summed E-state index contributed by atoms with van der Waals surface area (Å²) in [6.45, 7) is 3.81. The maximum absolute atomic E-state index is 13.3. The van der Waals surface area contributed by atoms with E-state index in [2.05, 4.69) is 20.7 Å². The van der Waals surface area contributed by atoms with Crippen LogP contribution in [0.4, 0.5) is 17.2 Å². The van der Waals surface area contributed by atoms with Gasteiger partial charge in [-0.25, -0.2) is 9.50 Å². The Bertz CT molecular complexity index is 1250. The predicted molar refractivity (Wildman–Crippen MR) is 120 cm³/mol. The van der Waals surface area contributed by atoms with Crippen molar-refractivity contribution in [3.63, 3.8) is 0 Å². The minimum atomic E-state index is -0.311. The van der Waals surface area contributed by atoms with Gasteiger partial charge in [-0.15, -0.1) is 5.10 Å². The molecule has 0 spiro atoms. The molecule has 4 rings (SSSR count). The molecule has 0 bridgehead atoms. The lowest BCUT2D eigenvalue weighted by atomic mass is 10.2. The number of methoxy groups -OCH3 is 2. The Labute approximate surface area is 179 Å². The van der Waals surface area contributed by atoms with Gasteiger partial charge in [0, 0.05) is 23.1 Å². The summed E-state index contributed by atoms with van der Waals surface area (Å²) in [6, 6.07) is 16.6. The molecule has 0 aliphatic rings. The number of hydrogen-bond donors (Lipinski definition) is 2. The minimum Gasteiger partial charge on any atom is -0.497 e. The van der Waals surface area contributed by atoms with Gasteiger partial charge in [0.1, 0.15) is 17.1 Å². The Morgan fingerprint density at radius 3 is 2.48 bits per heavy atom. The van der Waals surface area contributed by atoms with Gasteiger partial charge in [0.15, 0.2) is 11.5 Å². The molecule has 158 valence electrons. The molecule has 2 N–H and O–H groups in total. The second-order valence-corrected chi connectivity index (χ2v) is 7.01. The van der Waals surface area contributed by atoms with Gasteiger partial charge in [0.25, 0.3) is 5.91 Å². The van der Waals surface area contributed by atoms with Crippen molar-refractivity contribution in [3.05, 3.63) is 71.5 Å². The fourth-order valence-corrected chi connectivity index (χ4v) is 3.36. The molecule has 0 aliphatic heterocycles. The third kappa shape index (κ3) is 4.00. The summed E-state index contributed by atoms with van der Waals surface area (Å²) < 4.78 is 12.4. The van der Waals surface area contributed by atoms with Crippen LogP contribution in [0.5, 0.6) is 11.5 Å². The standard InChI is InChI=1S/C23H23N5O3/c1-14-12-15(2)28-22(24-14)20(23(29)25-16-8-6-5-7-9-16)21(27-28)26-18-11-10-17(30-3)13-19(18)31-4/h5-13H,1-4H3,(H,25,29)(H,26,27). The highest BCUT2D eigenvalue weighted by Gasteiger charge is 2.23. The molecule has 2 heterocycles. The number of fused-ring (bicyclic) bond motifs is 1. The first-order valence-corrected chi connectivity index (χ1v) is 9.72. The molecule has 8 heteroatoms. The molecule has 8 nitrogen and oxygen atoms in total. The molecule has 1 amide bonds. The zero-order chi connectivity index (χ0) is 22.0. The van der Waals surface area contributed by atoms with Gasteiger partial charge in [-0.2, -0.15) is 0 Å². The number of ether oxygens (including phenoxy) is 2. The van der Waals surface area contributed by atoms with E-state index in [1.165, 1.54) is 0 Å². The van der Waals surface area contributed by atoms with Gasteiger partial charge in [-0.3, -0.25) is 4.79 Å². The Balaban J connectivity index is 1.82. The van der Waals surface area contributed by atoms with E-state index in [-0.39, 0.29) is 5.91 Å². The van der Waals surface area contributed by atoms with Crippen LogP contribution in [-0.2, 0) is 0 Å². The van der Waals surface area contributed by atoms with E-state index in [1.807, 2.05) is 56.3 Å². The van der Waals surface area contributed by atoms with Crippen LogP contribution >= 0.6 is 0 Å². The SMILES string of the molecule is COc1ccc(Nc2nn3c(C)cc(C)nc3c2C(=O)Nc2ccccc2)c(OC)c1. The van der Waals surface area contributed by atoms with E-state index >= 15 is 0 Å². The first kappa shape index (κ1) is 20.2. The first-order valence-electron chi connectivity index (χ1n) is 9.72. The molecule has 2 aromatic carbocycles. The largest absolute Gasteiger partial charge is 0.497 e. The smallest absolute Gasteiger partial charge is 0.263 e. The van der Waals surface area contributed by atoms with Crippen molar-refractivity contribution in [1.82, 2.24) is 14.6 Å². The number of carbonyl (C=O) groups is 1. The number of nitrogens with zero attached hydrogens (tertiary/aromatic N) is 3. The molecule has 0 atom stereocenters. The number of hydrogen-bond acceptors (Lipinski definition) is 6. The average molecular weight is 417 g/mol. The number of aromatic nitrogens is 3. The normalized spacial score (nSPS) is 10.7. The highest BCUT2D eigenvalue weighted by molar-refractivity contribution is 6.12. The van der Waals surface area contributed by atoms with Crippen molar-refractivity contribution < 1.29 is 14.3 Å². The van der Waals surface area contributed by atoms with Crippen molar-refractivity contribution >= 4 is 28.7 Å². The van der Waals surface area contributed by atoms with Crippen LogP contribution in [0.1, 0.15) is 21.7 Å². The van der Waals surface area contributed by atoms with Crippen LogP contribution in [0.2, 0.25) is 0 Å². The molecule has 0 saturated carbocycles. The Hall–Kier alpha value is -4.07. The number of benzene rings is 2. The van der Waals surface area contributed by atoms with Crippen molar-refractivity contribution in [3.8, 4) is 11.5 Å². The molecule has 4 aromatic rings. The summed E-state index contributed by atoms with van der Waals surface area (Å²) in [4.78, 5) is 17.9. The lowest BCUT2D eigenvalue weighted by Crippen LogP contribution is -2.14. The lowest BCUT2D eigenvalue weighted by molar-refractivity contribution is 0.102. The summed E-state index contributed by atoms with van der Waals surface area (Å²) >= 11 is 0. The average Bonchev–Trinajstić information content (AvgIpc) is 3.13. The quantitative estimate of drug-likeness (QED) is 0.485. The minimum absolute atomic E-state index is 0.311. The summed E-state index contributed by atoms with van der Waals surface area (Å²) in [5.41, 5.74) is 3.81. The van der Waals surface area contributed by atoms with Crippen molar-refractivity contribution in [2.75, 3.05) is 24.9 Å². The summed E-state index contributed by atoms with van der Waals surface area (Å²) in [5, 5.41) is 10.8. The Morgan fingerprint density at radius 1 is 1.00 bits per heavy atom. The number of nitrogens with one attached hydrogen (secondary N) is 2. The van der Waals surface area contributed by atoms with E-state index < -0.39 is 0 Å². The van der Waals surface area contributed by atoms with Crippen LogP contribution in [0, 0.1) is 13.8 Å². The monoisotopic (exact) mass is 417 g/mol. The first-order chi connectivity index (χ1) is 15.0. The van der Waals surface area contributed by atoms with Gasteiger partial charge in [-0.1, -0.05) is 18.2 Å². The van der Waals surface area contributed by atoms with Crippen molar-refractivity contribution in [1.29, 1.82) is 0 Å². The molecule has 2 aromatic heterocycles. The number of amides is 1. The van der Waals surface area contributed by atoms with E-state index in [1.54, 1.807) is 30.9 Å². The number of aryl methyl sites for hydroxylation is 2. The lowest BCUT2D eigenvalue weighted by Gasteiger charge is -2.12. The Morgan fingerprint density at radius 2 is 1.77 bits per heavy atom. The molecule has 0 aliphatic carbocycles. The third-order valence-corrected chi connectivity index (χ3v) is 4.82. The van der Waals surface area contributed by atoms with Crippen LogP contribution in [0.15, 0.2) is 54.6 Å². The van der Waals surface area contributed by atoms with Crippen LogP contribution < -0.4 is 20.1 Å². The fourth-order valence-electron chi connectivity index (χ4n) is 3.36. The highest BCUT2D eigenvalue weighted by Crippen LogP contribution is 2.33. The maximum Gasteiger partial charge on any atom is 0.263 e. The summed E-state index contributed by atoms with van der Waals surface area (Å²) in [7, 11) is 3.16. The van der Waals surface area contributed by atoms with Gasteiger partial charge >= 0.3 is 0 Å². The molecule has 0 saturated heterocycles. The summed E-state index contributed by atoms with van der Waals surface area (Å²) in [5.74, 6) is 1.28. The highest BCUT2D eigenvalue weighted by atomic mass is 16.5. The predicted octanol–water partition coefficient (Wildman–Crippen LogP) is 4.36. The van der Waals surface area contributed by atoms with Gasteiger partial charge in [0.05, 0.1) is 19.9 Å². The zero-order valence-electron chi connectivity index (χ0n) is 17.8. The number of anilines is 3. The van der Waals surface area contributed by atoms with E-state index in [0.717, 1.165) is 11.4 Å². The molecule has 0 fully saturated rings. The van der Waals surface area contributed by atoms with Crippen molar-refractivity contribution in [2.24, 2.45) is 0 Å². The molecular weight excluding hydrogens is 394 g/mol. The number of carbonyl (C=O) groups excluding carboxylic acids is 1. The zero-order valence-corrected chi connectivity index (χ0v) is 17.8. The number of para-hydroxylation sites is 1. The van der Waals surface area contributed by atoms with Crippen molar-refractivity contribution in [2.45, 2.75) is 13.8 Å². The number of rotatable bonds is 6. The maximum atomic E-state index is 13.3. The van der Waals surface area contributed by atoms with E-state index in [9.17, 15) is 4.79 Å². The van der Waals surface area contributed by atoms with Crippen LogP contribution in [-0.4, -0.2) is 34.7 Å². The Kier molecular flexibility index (Phi) is 5.44. The van der Waals surface area contributed by atoms with E-state index in [0.29, 0.717) is 39.9 Å². The molecule has 0 radical (unpaired) electrons. The van der Waals surface area contributed by atoms with Gasteiger partial charge in [0.2, 0.25) is 0 Å². The second-order valence-electron chi connectivity index (χ2n) is 7.01. The topological polar surface area (TPSA) is 89.8 Å². The second kappa shape index (κ2) is 8.35. The molecule has 31 heavy (non-hydrogen) atoms. The van der Waals surface area contributed by atoms with Gasteiger partial charge in [-0.05, 0) is 44.2 Å². The molecular formula is C23H23N5O3. The van der Waals surface area contributed by atoms with Crippen LogP contribution in [0.25, 0.3) is 5.65 Å². The van der Waals surface area contributed by atoms with Gasteiger partial charge < -0.3 is 20.1 Å². The summed E-state index contributed by atoms with van der Waals surface area (Å²) in [6.07, 6.45) is 0. The molecule has 0 unspecified atom stereocenters.